The van der Waals surface area contributed by atoms with Crippen LogP contribution in [0, 0.1) is 0 Å². The van der Waals surface area contributed by atoms with E-state index in [1.165, 1.54) is 6.08 Å². The minimum absolute atomic E-state index is 0.207. The van der Waals surface area contributed by atoms with E-state index in [4.69, 9.17) is 14.3 Å². The van der Waals surface area contributed by atoms with Gasteiger partial charge in [-0.15, -0.1) is 0 Å². The third-order valence-electron chi connectivity index (χ3n) is 2.58. The molecule has 0 amide bonds. The molecule has 1 aliphatic heterocycles. The van der Waals surface area contributed by atoms with Crippen molar-refractivity contribution >= 4 is 11.8 Å². The van der Waals surface area contributed by atoms with Gasteiger partial charge in [-0.1, -0.05) is 0 Å². The summed E-state index contributed by atoms with van der Waals surface area (Å²) in [6, 6.07) is 7.34. The topological polar surface area (TPSA) is 69.2 Å². The van der Waals surface area contributed by atoms with E-state index < -0.39 is 5.97 Å². The Hall–Kier alpha value is -2.34. The largest absolute Gasteiger partial charge is 0.497 e. The van der Waals surface area contributed by atoms with Gasteiger partial charge in [0.1, 0.15) is 12.4 Å². The van der Waals surface area contributed by atoms with Crippen LogP contribution < -0.4 is 10.2 Å². The molecule has 0 saturated carbocycles. The number of hydrogen-bond acceptors (Lipinski definition) is 6. The molecule has 6 heteroatoms. The Bertz CT molecular complexity index is 535. The molecule has 106 valence electrons. The van der Waals surface area contributed by atoms with E-state index >= 15 is 0 Å². The first-order valence-corrected chi connectivity index (χ1v) is 6.21. The van der Waals surface area contributed by atoms with Crippen molar-refractivity contribution in [3.05, 3.63) is 41.6 Å². The fourth-order valence-corrected chi connectivity index (χ4v) is 1.64. The number of methoxy groups -OCH3 is 1. The van der Waals surface area contributed by atoms with Crippen LogP contribution in [0.3, 0.4) is 0 Å². The molecular formula is C14H16N2O4. The van der Waals surface area contributed by atoms with E-state index in [-0.39, 0.29) is 6.61 Å². The average molecular weight is 276 g/mol. The van der Waals surface area contributed by atoms with Crippen molar-refractivity contribution in [1.82, 2.24) is 5.48 Å². The third-order valence-corrected chi connectivity index (χ3v) is 2.58. The summed E-state index contributed by atoms with van der Waals surface area (Å²) in [7, 11) is 1.61. The summed E-state index contributed by atoms with van der Waals surface area (Å²) >= 11 is 0. The number of esters is 1. The zero-order valence-corrected chi connectivity index (χ0v) is 11.4. The van der Waals surface area contributed by atoms with Crippen molar-refractivity contribution in [2.75, 3.05) is 20.3 Å². The van der Waals surface area contributed by atoms with Gasteiger partial charge in [-0.05, 0) is 31.2 Å². The number of rotatable bonds is 4. The number of aliphatic imine (C=N–C) groups is 1. The molecule has 1 heterocycles. The lowest BCUT2D eigenvalue weighted by Crippen LogP contribution is -2.30. The second-order valence-corrected chi connectivity index (χ2v) is 3.97. The first-order valence-electron chi connectivity index (χ1n) is 6.21. The standard InChI is InChI=1S/C14H16N2O4/c1-3-19-13(17)8-11-9-20-16-14(15-11)10-4-6-12(18-2)7-5-10/h4-8H,3,9H2,1-2H3,(H,15,16). The maximum absolute atomic E-state index is 11.4. The molecule has 0 fully saturated rings. The summed E-state index contributed by atoms with van der Waals surface area (Å²) in [5.74, 6) is 0.869. The molecule has 20 heavy (non-hydrogen) atoms. The zero-order valence-electron chi connectivity index (χ0n) is 11.4. The van der Waals surface area contributed by atoms with Crippen LogP contribution in [0.4, 0.5) is 0 Å². The SMILES string of the molecule is CCOC(=O)C=C1CONC(c2ccc(OC)cc2)=N1. The van der Waals surface area contributed by atoms with E-state index in [2.05, 4.69) is 10.5 Å². The van der Waals surface area contributed by atoms with Crippen LogP contribution in [0.1, 0.15) is 12.5 Å². The molecule has 1 N–H and O–H groups in total. The van der Waals surface area contributed by atoms with Crippen LogP contribution in [-0.4, -0.2) is 32.1 Å². The third kappa shape index (κ3) is 3.58. The van der Waals surface area contributed by atoms with Crippen molar-refractivity contribution in [2.45, 2.75) is 6.92 Å². The van der Waals surface area contributed by atoms with Gasteiger partial charge in [0.25, 0.3) is 0 Å². The fourth-order valence-electron chi connectivity index (χ4n) is 1.64. The predicted molar refractivity (Wildman–Crippen MR) is 73.3 cm³/mol. The minimum Gasteiger partial charge on any atom is -0.497 e. The predicted octanol–water partition coefficient (Wildman–Crippen LogP) is 1.42. The Kier molecular flexibility index (Phi) is 4.73. The molecule has 1 aliphatic rings. The Balaban J connectivity index is 2.18. The van der Waals surface area contributed by atoms with Crippen LogP contribution in [0.15, 0.2) is 41.0 Å². The number of benzene rings is 1. The molecule has 0 aromatic heterocycles. The first-order chi connectivity index (χ1) is 9.72. The summed E-state index contributed by atoms with van der Waals surface area (Å²) in [6.07, 6.45) is 1.33. The number of carbonyl (C=O) groups is 1. The number of hydrogen-bond donors (Lipinski definition) is 1. The molecule has 2 rings (SSSR count). The molecule has 0 radical (unpaired) electrons. The van der Waals surface area contributed by atoms with Crippen molar-refractivity contribution in [3.63, 3.8) is 0 Å². The summed E-state index contributed by atoms with van der Waals surface area (Å²) in [5.41, 5.74) is 4.07. The molecule has 0 bridgehead atoms. The first kappa shape index (κ1) is 14.1. The number of nitrogens with one attached hydrogen (secondary N) is 1. The van der Waals surface area contributed by atoms with Gasteiger partial charge < -0.3 is 9.47 Å². The van der Waals surface area contributed by atoms with Crippen molar-refractivity contribution in [2.24, 2.45) is 4.99 Å². The smallest absolute Gasteiger partial charge is 0.332 e. The van der Waals surface area contributed by atoms with E-state index in [1.54, 1.807) is 14.0 Å². The molecule has 0 unspecified atom stereocenters. The summed E-state index contributed by atoms with van der Waals surface area (Å²) in [6.45, 7) is 2.29. The van der Waals surface area contributed by atoms with Gasteiger partial charge in [0.05, 0.1) is 19.4 Å². The van der Waals surface area contributed by atoms with Gasteiger partial charge in [0.15, 0.2) is 5.84 Å². The number of hydroxylamine groups is 1. The van der Waals surface area contributed by atoms with Gasteiger partial charge >= 0.3 is 5.97 Å². The Labute approximate surface area is 117 Å². The van der Waals surface area contributed by atoms with E-state index in [9.17, 15) is 4.79 Å². The number of carbonyl (C=O) groups excluding carboxylic acids is 1. The van der Waals surface area contributed by atoms with E-state index in [1.807, 2.05) is 24.3 Å². The highest BCUT2D eigenvalue weighted by atomic mass is 16.6. The maximum Gasteiger partial charge on any atom is 0.332 e. The van der Waals surface area contributed by atoms with Gasteiger partial charge in [0, 0.05) is 11.6 Å². The average Bonchev–Trinajstić information content (AvgIpc) is 2.48. The lowest BCUT2D eigenvalue weighted by Gasteiger charge is -2.16. The second-order valence-electron chi connectivity index (χ2n) is 3.97. The summed E-state index contributed by atoms with van der Waals surface area (Å²) in [5, 5.41) is 0. The summed E-state index contributed by atoms with van der Waals surface area (Å²) in [4.78, 5) is 20.9. The fraction of sp³-hybridized carbons (Fsp3) is 0.286. The van der Waals surface area contributed by atoms with Crippen molar-refractivity contribution < 1.29 is 19.1 Å². The van der Waals surface area contributed by atoms with Crippen LogP contribution >= 0.6 is 0 Å². The highest BCUT2D eigenvalue weighted by Crippen LogP contribution is 2.14. The highest BCUT2D eigenvalue weighted by molar-refractivity contribution is 5.99. The van der Waals surface area contributed by atoms with Crippen LogP contribution in [0.5, 0.6) is 5.75 Å². The quantitative estimate of drug-likeness (QED) is 0.665. The molecule has 1 aromatic rings. The number of ether oxygens (including phenoxy) is 2. The number of amidine groups is 1. The molecule has 0 atom stereocenters. The molecule has 0 saturated heterocycles. The highest BCUT2D eigenvalue weighted by Gasteiger charge is 2.12. The van der Waals surface area contributed by atoms with Crippen LogP contribution in [-0.2, 0) is 14.4 Å². The van der Waals surface area contributed by atoms with E-state index in [0.717, 1.165) is 11.3 Å². The lowest BCUT2D eigenvalue weighted by molar-refractivity contribution is -0.137. The van der Waals surface area contributed by atoms with Crippen LogP contribution in [0.25, 0.3) is 0 Å². The van der Waals surface area contributed by atoms with Gasteiger partial charge in [-0.2, -0.15) is 0 Å². The Morgan fingerprint density at radius 3 is 2.85 bits per heavy atom. The van der Waals surface area contributed by atoms with Crippen molar-refractivity contribution in [1.29, 1.82) is 0 Å². The molecular weight excluding hydrogens is 260 g/mol. The van der Waals surface area contributed by atoms with E-state index in [0.29, 0.717) is 18.1 Å². The maximum atomic E-state index is 11.4. The lowest BCUT2D eigenvalue weighted by atomic mass is 10.2. The molecule has 6 nitrogen and oxygen atoms in total. The zero-order chi connectivity index (χ0) is 14.4. The minimum atomic E-state index is -0.425. The van der Waals surface area contributed by atoms with Gasteiger partial charge in [-0.3, -0.25) is 4.84 Å². The Morgan fingerprint density at radius 2 is 2.20 bits per heavy atom. The molecule has 0 aliphatic carbocycles. The van der Waals surface area contributed by atoms with Crippen LogP contribution in [0.2, 0.25) is 0 Å². The van der Waals surface area contributed by atoms with Gasteiger partial charge in [-0.25, -0.2) is 15.3 Å². The second kappa shape index (κ2) is 6.72. The molecule has 0 spiro atoms. The Morgan fingerprint density at radius 1 is 1.45 bits per heavy atom. The number of nitrogens with zero attached hydrogens (tertiary/aromatic N) is 1. The van der Waals surface area contributed by atoms with Crippen molar-refractivity contribution in [3.8, 4) is 5.75 Å². The normalized spacial score (nSPS) is 16.3. The molecule has 1 aromatic carbocycles. The van der Waals surface area contributed by atoms with Gasteiger partial charge in [0.2, 0.25) is 0 Å². The summed E-state index contributed by atoms with van der Waals surface area (Å²) < 4.78 is 9.93. The monoisotopic (exact) mass is 276 g/mol.